The number of carbonyl (C=O) groups is 3. The fourth-order valence-electron chi connectivity index (χ4n) is 9.25. The van der Waals surface area contributed by atoms with Gasteiger partial charge in [0.2, 0.25) is 0 Å². The van der Waals surface area contributed by atoms with Crippen molar-refractivity contribution in [2.24, 2.45) is 46.3 Å². The molecule has 0 aromatic carbocycles. The SMILES string of the molecule is CC(=O)CCCC(=O)O[C@H]1CC[C@@]2(C)[C@H](C[CH][C@@H]3[C@@H]2C[C@H](O)[C@]2(C)[C@@H](C(C)CCC(C)=O)CC[C@@H]32)C1.[Y]. The Labute approximate surface area is 249 Å². The number of carbonyl (C=O) groups excluding carboxylic acids is 3. The third-order valence-electron chi connectivity index (χ3n) is 11.4. The summed E-state index contributed by atoms with van der Waals surface area (Å²) in [6.07, 6.45) is 12.3. The maximum atomic E-state index is 12.3. The van der Waals surface area contributed by atoms with Crippen LogP contribution < -0.4 is 0 Å². The van der Waals surface area contributed by atoms with Gasteiger partial charge in [0.15, 0.2) is 0 Å². The number of hydrogen-bond acceptors (Lipinski definition) is 5. The zero-order valence-electron chi connectivity index (χ0n) is 23.8. The number of aliphatic hydroxyl groups excluding tert-OH is 1. The third kappa shape index (κ3) is 6.29. The van der Waals surface area contributed by atoms with Gasteiger partial charge in [-0.1, -0.05) is 20.8 Å². The van der Waals surface area contributed by atoms with Crippen molar-refractivity contribution in [1.29, 1.82) is 0 Å². The molecule has 0 amide bonds. The second-order valence-corrected chi connectivity index (χ2v) is 13.4. The van der Waals surface area contributed by atoms with Crippen LogP contribution in [0.2, 0.25) is 0 Å². The fourth-order valence-corrected chi connectivity index (χ4v) is 9.25. The van der Waals surface area contributed by atoms with Crippen molar-refractivity contribution in [3.8, 4) is 0 Å². The van der Waals surface area contributed by atoms with Crippen molar-refractivity contribution in [2.45, 2.75) is 124 Å². The summed E-state index contributed by atoms with van der Waals surface area (Å²) >= 11 is 0. The van der Waals surface area contributed by atoms with Crippen molar-refractivity contribution in [1.82, 2.24) is 0 Å². The van der Waals surface area contributed by atoms with E-state index < -0.39 is 0 Å². The van der Waals surface area contributed by atoms with Gasteiger partial charge < -0.3 is 19.4 Å². The zero-order chi connectivity index (χ0) is 26.3. The predicted molar refractivity (Wildman–Crippen MR) is 140 cm³/mol. The average molecular weight is 591 g/mol. The molecule has 0 heterocycles. The van der Waals surface area contributed by atoms with Gasteiger partial charge in [0, 0.05) is 52.0 Å². The van der Waals surface area contributed by atoms with Gasteiger partial charge in [0.1, 0.15) is 17.7 Å². The monoisotopic (exact) mass is 590 g/mol. The van der Waals surface area contributed by atoms with Crippen LogP contribution in [-0.2, 0) is 51.8 Å². The molecule has 4 aliphatic rings. The van der Waals surface area contributed by atoms with E-state index >= 15 is 0 Å². The van der Waals surface area contributed by atoms with Gasteiger partial charge in [-0.3, -0.25) is 4.79 Å². The molecule has 206 valence electrons. The molecule has 4 rings (SSSR count). The Morgan fingerprint density at radius 2 is 1.70 bits per heavy atom. The van der Waals surface area contributed by atoms with Gasteiger partial charge in [-0.05, 0) is 124 Å². The van der Waals surface area contributed by atoms with E-state index in [-0.39, 0.29) is 73.3 Å². The Kier molecular flexibility index (Phi) is 10.7. The molecule has 1 N–H and O–H groups in total. The minimum absolute atomic E-state index is 0. The largest absolute Gasteiger partial charge is 0.462 e. The number of ketones is 2. The summed E-state index contributed by atoms with van der Waals surface area (Å²) in [7, 11) is 0. The first-order chi connectivity index (χ1) is 17.0. The summed E-state index contributed by atoms with van der Waals surface area (Å²) in [5, 5.41) is 11.7. The van der Waals surface area contributed by atoms with E-state index in [0.717, 1.165) is 44.9 Å². The minimum Gasteiger partial charge on any atom is -0.462 e. The molecular formula is C31H49O5Y. The minimum atomic E-state index is -0.295. The van der Waals surface area contributed by atoms with E-state index in [9.17, 15) is 19.5 Å². The maximum Gasteiger partial charge on any atom is 0.306 e. The second kappa shape index (κ2) is 12.6. The van der Waals surface area contributed by atoms with Crippen LogP contribution in [0.25, 0.3) is 0 Å². The molecule has 0 aromatic heterocycles. The molecule has 0 bridgehead atoms. The van der Waals surface area contributed by atoms with Crippen LogP contribution >= 0.6 is 0 Å². The average Bonchev–Trinajstić information content (AvgIpc) is 3.17. The Morgan fingerprint density at radius 3 is 2.38 bits per heavy atom. The van der Waals surface area contributed by atoms with E-state index in [1.165, 1.54) is 6.42 Å². The molecule has 4 saturated carbocycles. The number of aliphatic hydroxyl groups is 1. The molecule has 1 unspecified atom stereocenters. The van der Waals surface area contributed by atoms with Gasteiger partial charge in [-0.15, -0.1) is 0 Å². The predicted octanol–water partition coefficient (Wildman–Crippen LogP) is 6.10. The molecule has 6 heteroatoms. The van der Waals surface area contributed by atoms with Crippen molar-refractivity contribution in [2.75, 3.05) is 0 Å². The second-order valence-electron chi connectivity index (χ2n) is 13.4. The van der Waals surface area contributed by atoms with Crippen LogP contribution in [0, 0.1) is 52.8 Å². The van der Waals surface area contributed by atoms with E-state index in [4.69, 9.17) is 4.74 Å². The summed E-state index contributed by atoms with van der Waals surface area (Å²) in [4.78, 5) is 35.1. The normalized spacial score (nSPS) is 41.4. The zero-order valence-corrected chi connectivity index (χ0v) is 26.7. The van der Waals surface area contributed by atoms with Crippen LogP contribution in [0.1, 0.15) is 112 Å². The number of hydrogen-bond donors (Lipinski definition) is 1. The Hall–Kier alpha value is -0.126. The topological polar surface area (TPSA) is 80.7 Å². The fraction of sp³-hybridized carbons (Fsp3) is 0.871. The summed E-state index contributed by atoms with van der Waals surface area (Å²) in [5.41, 5.74) is 0.112. The van der Waals surface area contributed by atoms with Gasteiger partial charge >= 0.3 is 5.97 Å². The van der Waals surface area contributed by atoms with Crippen LogP contribution in [0.3, 0.4) is 0 Å². The van der Waals surface area contributed by atoms with E-state index in [1.807, 2.05) is 0 Å². The molecule has 0 aliphatic heterocycles. The van der Waals surface area contributed by atoms with Crippen LogP contribution in [0.5, 0.6) is 0 Å². The number of ether oxygens (including phenoxy) is 1. The van der Waals surface area contributed by atoms with Crippen molar-refractivity contribution in [3.63, 3.8) is 0 Å². The standard InChI is InChI=1S/C31H49O5.Y/c1-19(9-10-21(3)33)25-13-14-26-24-12-11-22-17-23(36-29(35)8-6-7-20(2)32)15-16-30(22,4)27(24)18-28(34)31(25,26)5;/h12,19,22-28,34H,6-11,13-18H2,1-5H3;/t19?,22-,23+,24+,25-,26+,27+,28+,30+,31-;/m1./s1. The first-order valence-corrected chi connectivity index (χ1v) is 14.7. The first-order valence-electron chi connectivity index (χ1n) is 14.7. The van der Waals surface area contributed by atoms with Crippen molar-refractivity contribution >= 4 is 17.5 Å². The van der Waals surface area contributed by atoms with E-state index in [2.05, 4.69) is 27.2 Å². The summed E-state index contributed by atoms with van der Waals surface area (Å²) < 4.78 is 5.85. The quantitative estimate of drug-likeness (QED) is 0.328. The van der Waals surface area contributed by atoms with Gasteiger partial charge in [-0.25, -0.2) is 0 Å². The molecule has 0 aromatic rings. The Balaban J connectivity index is 0.00000380. The third-order valence-corrected chi connectivity index (χ3v) is 11.4. The van der Waals surface area contributed by atoms with Crippen LogP contribution in [0.15, 0.2) is 0 Å². The van der Waals surface area contributed by atoms with Crippen molar-refractivity contribution in [3.05, 3.63) is 6.42 Å². The molecule has 4 aliphatic carbocycles. The van der Waals surface area contributed by atoms with E-state index in [1.54, 1.807) is 13.8 Å². The summed E-state index contributed by atoms with van der Waals surface area (Å²) in [6, 6.07) is 0. The Bertz CT molecular complexity index is 843. The summed E-state index contributed by atoms with van der Waals surface area (Å²) in [6.45, 7) is 10.3. The molecule has 0 spiro atoms. The van der Waals surface area contributed by atoms with Gasteiger partial charge in [0.25, 0.3) is 0 Å². The van der Waals surface area contributed by atoms with Gasteiger partial charge in [-0.2, -0.15) is 0 Å². The maximum absolute atomic E-state index is 12.3. The molecule has 10 atom stereocenters. The Morgan fingerprint density at radius 1 is 1.00 bits per heavy atom. The molecular weight excluding hydrogens is 541 g/mol. The van der Waals surface area contributed by atoms with Crippen LogP contribution in [-0.4, -0.2) is 34.9 Å². The number of rotatable bonds is 9. The first kappa shape index (κ1) is 31.4. The van der Waals surface area contributed by atoms with E-state index in [0.29, 0.717) is 61.2 Å². The molecule has 37 heavy (non-hydrogen) atoms. The number of esters is 1. The number of Topliss-reactive ketones (excluding diaryl/α,β-unsaturated/α-hetero) is 2. The number of fused-ring (bicyclic) bond motifs is 5. The van der Waals surface area contributed by atoms with Crippen molar-refractivity contribution < 1.29 is 56.9 Å². The van der Waals surface area contributed by atoms with Gasteiger partial charge in [0.05, 0.1) is 6.10 Å². The molecule has 0 saturated heterocycles. The van der Waals surface area contributed by atoms with Crippen LogP contribution in [0.4, 0.5) is 0 Å². The molecule has 4 fully saturated rings. The summed E-state index contributed by atoms with van der Waals surface area (Å²) in [5.74, 6) is 3.21. The molecule has 5 nitrogen and oxygen atoms in total. The molecule has 2 radical (unpaired) electrons. The smallest absolute Gasteiger partial charge is 0.306 e.